The number of pyridine rings is 1. The van der Waals surface area contributed by atoms with Gasteiger partial charge in [-0.05, 0) is 35.4 Å². The summed E-state index contributed by atoms with van der Waals surface area (Å²) in [5.41, 5.74) is 2.72. The molecule has 1 unspecified atom stereocenters. The van der Waals surface area contributed by atoms with E-state index in [2.05, 4.69) is 9.83 Å². The van der Waals surface area contributed by atoms with E-state index in [1.165, 1.54) is 6.20 Å². The minimum Gasteiger partial charge on any atom is -0.294 e. The average molecular weight is 395 g/mol. The lowest BCUT2D eigenvalue weighted by Crippen LogP contribution is -2.06. The molecule has 1 aromatic heterocycles. The summed E-state index contributed by atoms with van der Waals surface area (Å²) in [6.07, 6.45) is 1.72. The van der Waals surface area contributed by atoms with Crippen LogP contribution >= 0.6 is 11.6 Å². The molecule has 27 heavy (non-hydrogen) atoms. The van der Waals surface area contributed by atoms with Gasteiger partial charge in [-0.1, -0.05) is 48.0 Å². The lowest BCUT2D eigenvalue weighted by Gasteiger charge is -2.06. The molecule has 0 aliphatic carbocycles. The molecule has 0 fully saturated rings. The number of Topliss-reactive ketones (excluding diaryl/α,β-unsaturated/α-hetero) is 1. The fraction of sp³-hybridized carbons (Fsp3) is 0.0952. The summed E-state index contributed by atoms with van der Waals surface area (Å²) in [6.45, 7) is 6.96. The van der Waals surface area contributed by atoms with Gasteiger partial charge in [0.25, 0.3) is 0 Å². The third-order valence-corrected chi connectivity index (χ3v) is 5.47. The van der Waals surface area contributed by atoms with Crippen molar-refractivity contribution in [3.8, 4) is 0 Å². The summed E-state index contributed by atoms with van der Waals surface area (Å²) in [4.78, 5) is 20.0. The molecule has 0 radical (unpaired) electrons. The van der Waals surface area contributed by atoms with Crippen LogP contribution in [0.2, 0.25) is 5.02 Å². The number of aromatic nitrogens is 1. The van der Waals surface area contributed by atoms with Crippen molar-refractivity contribution in [3.63, 3.8) is 0 Å². The number of carbonyl (C=O) groups excluding carboxylic acids is 1. The summed E-state index contributed by atoms with van der Waals surface area (Å²) in [5.74, 6) is 0.220. The molecule has 1 heterocycles. The van der Waals surface area contributed by atoms with Crippen molar-refractivity contribution in [1.82, 2.24) is 4.98 Å². The maximum atomic E-state index is 12.6. The Morgan fingerprint density at radius 3 is 2.37 bits per heavy atom. The van der Waals surface area contributed by atoms with Crippen LogP contribution in [0.4, 0.5) is 5.69 Å². The molecule has 6 heteroatoms. The molecule has 0 spiro atoms. The number of hydrogen-bond donors (Lipinski definition) is 0. The van der Waals surface area contributed by atoms with Gasteiger partial charge in [-0.2, -0.15) is 0 Å². The van der Waals surface area contributed by atoms with Crippen LogP contribution in [0.25, 0.3) is 4.85 Å². The molecule has 0 aliphatic heterocycles. The number of carbonyl (C=O) groups is 1. The van der Waals surface area contributed by atoms with Crippen molar-refractivity contribution < 1.29 is 9.00 Å². The van der Waals surface area contributed by atoms with Crippen molar-refractivity contribution in [2.75, 3.05) is 0 Å². The van der Waals surface area contributed by atoms with Gasteiger partial charge < -0.3 is 0 Å². The average Bonchev–Trinajstić information content (AvgIpc) is 2.70. The molecular formula is C21H15ClN2O2S. The van der Waals surface area contributed by atoms with Crippen molar-refractivity contribution in [2.24, 2.45) is 0 Å². The summed E-state index contributed by atoms with van der Waals surface area (Å²) >= 11 is 5.86. The highest BCUT2D eigenvalue weighted by molar-refractivity contribution is 7.84. The van der Waals surface area contributed by atoms with Crippen LogP contribution in [0, 0.1) is 6.57 Å². The number of benzene rings is 2. The topological polar surface area (TPSA) is 51.4 Å². The van der Waals surface area contributed by atoms with E-state index in [0.29, 0.717) is 27.1 Å². The molecule has 134 valence electrons. The monoisotopic (exact) mass is 394 g/mol. The Labute approximate surface area is 165 Å². The summed E-state index contributed by atoms with van der Waals surface area (Å²) in [6, 6.07) is 17.3. The molecule has 0 bridgehead atoms. The quantitative estimate of drug-likeness (QED) is 0.435. The zero-order valence-electron chi connectivity index (χ0n) is 14.3. The number of hydrogen-bond acceptors (Lipinski definition) is 3. The van der Waals surface area contributed by atoms with Gasteiger partial charge >= 0.3 is 0 Å². The lowest BCUT2D eigenvalue weighted by atomic mass is 10.0. The molecule has 2 aromatic carbocycles. The van der Waals surface area contributed by atoms with Gasteiger partial charge in [0.15, 0.2) is 11.5 Å². The van der Waals surface area contributed by atoms with E-state index in [4.69, 9.17) is 18.2 Å². The number of ketones is 1. The van der Waals surface area contributed by atoms with Crippen LogP contribution in [0.15, 0.2) is 71.9 Å². The fourth-order valence-electron chi connectivity index (χ4n) is 2.49. The van der Waals surface area contributed by atoms with Crippen molar-refractivity contribution in [2.45, 2.75) is 17.2 Å². The van der Waals surface area contributed by atoms with Crippen LogP contribution in [-0.4, -0.2) is 15.0 Å². The first-order valence-electron chi connectivity index (χ1n) is 8.13. The van der Waals surface area contributed by atoms with Crippen LogP contribution in [0.1, 0.15) is 21.5 Å². The van der Waals surface area contributed by atoms with Crippen LogP contribution < -0.4 is 0 Å². The number of halogens is 1. The highest BCUT2D eigenvalue weighted by Gasteiger charge is 2.12. The molecule has 4 nitrogen and oxygen atoms in total. The Kier molecular flexibility index (Phi) is 6.12. The van der Waals surface area contributed by atoms with Crippen LogP contribution in [-0.2, 0) is 23.0 Å². The van der Waals surface area contributed by atoms with E-state index in [1.54, 1.807) is 48.5 Å². The summed E-state index contributed by atoms with van der Waals surface area (Å²) < 4.78 is 12.6. The predicted molar refractivity (Wildman–Crippen MR) is 107 cm³/mol. The third-order valence-electron chi connectivity index (χ3n) is 3.93. The maximum Gasteiger partial charge on any atom is 0.187 e. The molecule has 0 aliphatic rings. The molecular weight excluding hydrogens is 380 g/mol. The summed E-state index contributed by atoms with van der Waals surface area (Å²) in [5, 5.41) is 0.999. The molecule has 1 atom stereocenters. The van der Waals surface area contributed by atoms with E-state index < -0.39 is 10.8 Å². The molecule has 3 aromatic rings. The Balaban J connectivity index is 1.71. The largest absolute Gasteiger partial charge is 0.294 e. The summed E-state index contributed by atoms with van der Waals surface area (Å²) in [7, 11) is -1.36. The fourth-order valence-corrected chi connectivity index (χ4v) is 3.70. The molecule has 0 saturated heterocycles. The zero-order chi connectivity index (χ0) is 19.2. The van der Waals surface area contributed by atoms with Crippen molar-refractivity contribution in [3.05, 3.63) is 100.0 Å². The third kappa shape index (κ3) is 5.10. The van der Waals surface area contributed by atoms with Gasteiger partial charge in [-0.25, -0.2) is 9.83 Å². The van der Waals surface area contributed by atoms with E-state index in [9.17, 15) is 9.00 Å². The first-order valence-corrected chi connectivity index (χ1v) is 9.83. The maximum absolute atomic E-state index is 12.6. The van der Waals surface area contributed by atoms with Crippen molar-refractivity contribution in [1.29, 1.82) is 0 Å². The van der Waals surface area contributed by atoms with Crippen LogP contribution in [0.3, 0.4) is 0 Å². The predicted octanol–water partition coefficient (Wildman–Crippen LogP) is 5.02. The van der Waals surface area contributed by atoms with E-state index in [0.717, 1.165) is 11.1 Å². The van der Waals surface area contributed by atoms with Crippen LogP contribution in [0.5, 0.6) is 0 Å². The standard InChI is InChI=1S/C21H15ClN2O2S/c1-23-19-8-4-15(5-9-19)12-20(25)17-10-11-24-21(13-17)27(26)14-16-2-6-18(22)7-3-16/h2-11,13H,12,14H2. The lowest BCUT2D eigenvalue weighted by molar-refractivity contribution is 0.0992. The number of rotatable bonds is 6. The highest BCUT2D eigenvalue weighted by atomic mass is 35.5. The van der Waals surface area contributed by atoms with Gasteiger partial charge in [0, 0.05) is 23.2 Å². The van der Waals surface area contributed by atoms with E-state index in [-0.39, 0.29) is 12.2 Å². The Bertz CT molecular complexity index is 1030. The second-order valence-corrected chi connectivity index (χ2v) is 7.71. The Morgan fingerprint density at radius 1 is 1.04 bits per heavy atom. The normalized spacial score (nSPS) is 11.6. The molecule has 0 amide bonds. The number of nitrogens with zero attached hydrogens (tertiary/aromatic N) is 2. The first-order chi connectivity index (χ1) is 13.0. The van der Waals surface area contributed by atoms with Gasteiger partial charge in [-0.15, -0.1) is 0 Å². The molecule has 0 N–H and O–H groups in total. The van der Waals surface area contributed by atoms with Gasteiger partial charge in [0.2, 0.25) is 0 Å². The highest BCUT2D eigenvalue weighted by Crippen LogP contribution is 2.17. The Morgan fingerprint density at radius 2 is 1.70 bits per heavy atom. The van der Waals surface area contributed by atoms with Gasteiger partial charge in [-0.3, -0.25) is 9.00 Å². The van der Waals surface area contributed by atoms with Gasteiger partial charge in [0.1, 0.15) is 5.03 Å². The van der Waals surface area contributed by atoms with Gasteiger partial charge in [0.05, 0.1) is 23.1 Å². The minimum absolute atomic E-state index is 0.0855. The first kappa shape index (κ1) is 19.0. The SMILES string of the molecule is [C-]#[N+]c1ccc(CC(=O)c2ccnc(S(=O)Cc3ccc(Cl)cc3)c2)cc1. The molecule has 3 rings (SSSR count). The van der Waals surface area contributed by atoms with E-state index >= 15 is 0 Å². The second-order valence-electron chi connectivity index (χ2n) is 5.88. The van der Waals surface area contributed by atoms with Crippen molar-refractivity contribution >= 4 is 33.9 Å². The Hall–Kier alpha value is -2.81. The van der Waals surface area contributed by atoms with E-state index in [1.807, 2.05) is 12.1 Å². The second kappa shape index (κ2) is 8.72. The zero-order valence-corrected chi connectivity index (χ0v) is 15.8. The minimum atomic E-state index is -1.36. The smallest absolute Gasteiger partial charge is 0.187 e. The molecule has 0 saturated carbocycles.